The van der Waals surface area contributed by atoms with Crippen LogP contribution in [-0.2, 0) is 11.2 Å². The number of hydrogen-bond donors (Lipinski definition) is 1. The maximum absolute atomic E-state index is 12.3. The second kappa shape index (κ2) is 9.44. The highest BCUT2D eigenvalue weighted by Gasteiger charge is 2.38. The summed E-state index contributed by atoms with van der Waals surface area (Å²) in [5.41, 5.74) is 1.27. The molecular weight excluding hydrogens is 372 g/mol. The molecule has 150 valence electrons. The summed E-state index contributed by atoms with van der Waals surface area (Å²) >= 11 is 6.40. The number of benzene rings is 2. The molecule has 1 N–H and O–H groups in total. The van der Waals surface area contributed by atoms with Gasteiger partial charge >= 0.3 is 0 Å². The third kappa shape index (κ3) is 5.27. The van der Waals surface area contributed by atoms with Gasteiger partial charge in [-0.25, -0.2) is 0 Å². The minimum atomic E-state index is -0.0580. The summed E-state index contributed by atoms with van der Waals surface area (Å²) < 4.78 is 5.55. The Kier molecular flexibility index (Phi) is 6.97. The highest BCUT2D eigenvalue weighted by molar-refractivity contribution is 6.31. The Morgan fingerprint density at radius 2 is 1.75 bits per heavy atom. The summed E-state index contributed by atoms with van der Waals surface area (Å²) in [4.78, 5) is 14.6. The lowest BCUT2D eigenvalue weighted by Gasteiger charge is -2.45. The molecule has 28 heavy (non-hydrogen) atoms. The Balaban J connectivity index is 1.52. The fraction of sp³-hybridized carbons (Fsp3) is 0.435. The van der Waals surface area contributed by atoms with E-state index in [0.717, 1.165) is 37.1 Å². The molecule has 1 aliphatic rings. The van der Waals surface area contributed by atoms with Gasteiger partial charge < -0.3 is 15.0 Å². The molecule has 0 bridgehead atoms. The Morgan fingerprint density at radius 3 is 2.39 bits per heavy atom. The van der Waals surface area contributed by atoms with E-state index in [-0.39, 0.29) is 24.1 Å². The minimum absolute atomic E-state index is 0.0545. The molecule has 0 aromatic heterocycles. The third-order valence-electron chi connectivity index (χ3n) is 5.82. The largest absolute Gasteiger partial charge is 0.484 e. The first-order chi connectivity index (χ1) is 13.5. The number of para-hydroxylation sites is 1. The number of halogens is 1. The molecule has 0 heterocycles. The normalized spacial score (nSPS) is 22.1. The average molecular weight is 401 g/mol. The maximum atomic E-state index is 12.3. The predicted octanol–water partition coefficient (Wildman–Crippen LogP) is 4.32. The van der Waals surface area contributed by atoms with E-state index in [2.05, 4.69) is 30.4 Å². The number of carbonyl (C=O) groups is 1. The molecule has 3 rings (SSSR count). The first-order valence-corrected chi connectivity index (χ1v) is 10.2. The van der Waals surface area contributed by atoms with Crippen LogP contribution in [0.3, 0.4) is 0 Å². The van der Waals surface area contributed by atoms with Gasteiger partial charge in [-0.3, -0.25) is 4.79 Å². The number of nitrogens with zero attached hydrogens (tertiary/aromatic N) is 1. The van der Waals surface area contributed by atoms with Gasteiger partial charge in [0.2, 0.25) is 0 Å². The number of ether oxygens (including phenoxy) is 1. The zero-order valence-corrected chi connectivity index (χ0v) is 17.4. The van der Waals surface area contributed by atoms with Crippen LogP contribution in [0.1, 0.15) is 31.2 Å². The van der Waals surface area contributed by atoms with Crippen LogP contribution in [0.2, 0.25) is 5.02 Å². The third-order valence-corrected chi connectivity index (χ3v) is 6.19. The second-order valence-corrected chi connectivity index (χ2v) is 8.24. The summed E-state index contributed by atoms with van der Waals surface area (Å²) in [7, 11) is 4.28. The molecule has 5 heteroatoms. The van der Waals surface area contributed by atoms with Crippen LogP contribution in [0.25, 0.3) is 0 Å². The lowest BCUT2D eigenvalue weighted by atomic mass is 9.75. The molecule has 2 aromatic carbocycles. The molecule has 0 unspecified atom stereocenters. The zero-order chi connectivity index (χ0) is 20.0. The number of nitrogens with one attached hydrogen (secondary N) is 1. The summed E-state index contributed by atoms with van der Waals surface area (Å²) in [6.07, 6.45) is 4.89. The van der Waals surface area contributed by atoms with Crippen LogP contribution in [0, 0.1) is 0 Å². The molecule has 0 atom stereocenters. The Hall–Kier alpha value is -2.04. The molecule has 1 fully saturated rings. The van der Waals surface area contributed by atoms with Crippen LogP contribution in [-0.4, -0.2) is 43.1 Å². The van der Waals surface area contributed by atoms with Crippen molar-refractivity contribution in [1.82, 2.24) is 10.2 Å². The van der Waals surface area contributed by atoms with E-state index in [1.165, 1.54) is 5.56 Å². The smallest absolute Gasteiger partial charge is 0.258 e. The fourth-order valence-corrected chi connectivity index (χ4v) is 4.22. The van der Waals surface area contributed by atoms with E-state index < -0.39 is 0 Å². The van der Waals surface area contributed by atoms with E-state index in [1.54, 1.807) is 0 Å². The van der Waals surface area contributed by atoms with Gasteiger partial charge in [0.1, 0.15) is 5.75 Å². The van der Waals surface area contributed by atoms with Crippen molar-refractivity contribution in [1.29, 1.82) is 0 Å². The Bertz CT molecular complexity index is 771. The van der Waals surface area contributed by atoms with Crippen molar-refractivity contribution in [2.24, 2.45) is 0 Å². The van der Waals surface area contributed by atoms with Gasteiger partial charge in [0, 0.05) is 16.6 Å². The van der Waals surface area contributed by atoms with Gasteiger partial charge in [0.05, 0.1) is 0 Å². The quantitative estimate of drug-likeness (QED) is 0.752. The van der Waals surface area contributed by atoms with E-state index in [1.807, 2.05) is 48.5 Å². The van der Waals surface area contributed by atoms with Gasteiger partial charge in [-0.2, -0.15) is 0 Å². The molecule has 1 saturated carbocycles. The molecule has 1 amide bonds. The molecular formula is C23H29ClN2O2. The Labute approximate surface area is 172 Å². The second-order valence-electron chi connectivity index (χ2n) is 7.83. The molecule has 0 saturated heterocycles. The lowest BCUT2D eigenvalue weighted by Crippen LogP contribution is -2.52. The number of amides is 1. The highest BCUT2D eigenvalue weighted by Crippen LogP contribution is 2.36. The molecule has 1 aliphatic carbocycles. The van der Waals surface area contributed by atoms with Crippen LogP contribution >= 0.6 is 11.6 Å². The molecule has 0 spiro atoms. The first-order valence-electron chi connectivity index (χ1n) is 9.86. The van der Waals surface area contributed by atoms with Crippen LogP contribution < -0.4 is 10.1 Å². The molecule has 2 aromatic rings. The zero-order valence-electron chi connectivity index (χ0n) is 16.7. The van der Waals surface area contributed by atoms with Gasteiger partial charge in [0.25, 0.3) is 5.91 Å². The summed E-state index contributed by atoms with van der Waals surface area (Å²) in [5, 5.41) is 3.96. The van der Waals surface area contributed by atoms with Crippen LogP contribution in [0.15, 0.2) is 54.6 Å². The Morgan fingerprint density at radius 1 is 1.11 bits per heavy atom. The van der Waals surface area contributed by atoms with E-state index in [9.17, 15) is 4.79 Å². The van der Waals surface area contributed by atoms with Crippen molar-refractivity contribution >= 4 is 17.5 Å². The first kappa shape index (κ1) is 20.7. The topological polar surface area (TPSA) is 41.6 Å². The van der Waals surface area contributed by atoms with E-state index in [4.69, 9.17) is 16.3 Å². The SMILES string of the molecule is CN(C)C1(Cc2ccccc2Cl)CCC(NC(=O)COc2ccccc2)CC1. The van der Waals surface area contributed by atoms with Crippen LogP contribution in [0.4, 0.5) is 0 Å². The van der Waals surface area contributed by atoms with Crippen molar-refractivity contribution in [2.45, 2.75) is 43.7 Å². The van der Waals surface area contributed by atoms with E-state index in [0.29, 0.717) is 5.75 Å². The van der Waals surface area contributed by atoms with Crippen molar-refractivity contribution in [3.05, 3.63) is 65.2 Å². The molecule has 0 aliphatic heterocycles. The monoisotopic (exact) mass is 400 g/mol. The summed E-state index contributed by atoms with van der Waals surface area (Å²) in [6.45, 7) is 0.0545. The summed E-state index contributed by atoms with van der Waals surface area (Å²) in [5.74, 6) is 0.657. The van der Waals surface area contributed by atoms with Gasteiger partial charge in [-0.15, -0.1) is 0 Å². The number of likely N-dealkylation sites (N-methyl/N-ethyl adjacent to an activating group) is 1. The van der Waals surface area contributed by atoms with Crippen molar-refractivity contribution in [3.63, 3.8) is 0 Å². The van der Waals surface area contributed by atoms with Gasteiger partial charge in [-0.05, 0) is 70.0 Å². The highest BCUT2D eigenvalue weighted by atomic mass is 35.5. The standard InChI is InChI=1S/C23H29ClN2O2/c1-26(2)23(16-18-8-6-7-11-21(18)24)14-12-19(13-15-23)25-22(27)17-28-20-9-4-3-5-10-20/h3-11,19H,12-17H2,1-2H3,(H,25,27). The number of rotatable bonds is 7. The summed E-state index contributed by atoms with van der Waals surface area (Å²) in [6, 6.07) is 17.7. The van der Waals surface area contributed by atoms with Crippen molar-refractivity contribution < 1.29 is 9.53 Å². The van der Waals surface area contributed by atoms with E-state index >= 15 is 0 Å². The van der Waals surface area contributed by atoms with Gasteiger partial charge in [-0.1, -0.05) is 48.0 Å². The van der Waals surface area contributed by atoms with Crippen molar-refractivity contribution in [2.75, 3.05) is 20.7 Å². The number of hydrogen-bond acceptors (Lipinski definition) is 3. The predicted molar refractivity (Wildman–Crippen MR) is 114 cm³/mol. The maximum Gasteiger partial charge on any atom is 0.258 e. The van der Waals surface area contributed by atoms with Gasteiger partial charge in [0.15, 0.2) is 6.61 Å². The number of carbonyl (C=O) groups excluding carboxylic acids is 1. The van der Waals surface area contributed by atoms with Crippen molar-refractivity contribution in [3.8, 4) is 5.75 Å². The average Bonchev–Trinajstić information content (AvgIpc) is 2.70. The molecule has 0 radical (unpaired) electrons. The molecule has 4 nitrogen and oxygen atoms in total. The van der Waals surface area contributed by atoms with Crippen LogP contribution in [0.5, 0.6) is 5.75 Å². The lowest BCUT2D eigenvalue weighted by molar-refractivity contribution is -0.124. The fourth-order valence-electron chi connectivity index (χ4n) is 4.01. The minimum Gasteiger partial charge on any atom is -0.484 e.